The van der Waals surface area contributed by atoms with E-state index >= 15 is 0 Å². The summed E-state index contributed by atoms with van der Waals surface area (Å²) in [6, 6.07) is 8.60. The Morgan fingerprint density at radius 3 is 2.71 bits per heavy atom. The Morgan fingerprint density at radius 2 is 2.00 bits per heavy atom. The number of hydrogen-bond acceptors (Lipinski definition) is 4. The SMILES string of the molecule is CC(C)(C)Oc1ccc(CC(=O)NC2CCC3CNNC3C2)cc1. The smallest absolute Gasteiger partial charge is 0.224 e. The molecule has 0 aromatic heterocycles. The van der Waals surface area contributed by atoms with Crippen molar-refractivity contribution in [3.63, 3.8) is 0 Å². The minimum Gasteiger partial charge on any atom is -0.488 e. The third-order valence-corrected chi connectivity index (χ3v) is 4.72. The van der Waals surface area contributed by atoms with Gasteiger partial charge < -0.3 is 10.1 Å². The fourth-order valence-electron chi connectivity index (χ4n) is 3.60. The average molecular weight is 331 g/mol. The molecule has 1 aliphatic heterocycles. The number of rotatable bonds is 4. The summed E-state index contributed by atoms with van der Waals surface area (Å²) in [6.45, 7) is 7.13. The lowest BCUT2D eigenvalue weighted by Gasteiger charge is -2.31. The van der Waals surface area contributed by atoms with E-state index in [-0.39, 0.29) is 17.6 Å². The highest BCUT2D eigenvalue weighted by Gasteiger charge is 2.34. The first kappa shape index (κ1) is 17.2. The molecule has 5 nitrogen and oxygen atoms in total. The lowest BCUT2D eigenvalue weighted by Crippen LogP contribution is -2.45. The molecular weight excluding hydrogens is 302 g/mol. The van der Waals surface area contributed by atoms with E-state index in [1.807, 2.05) is 45.0 Å². The molecule has 24 heavy (non-hydrogen) atoms. The van der Waals surface area contributed by atoms with Crippen LogP contribution < -0.4 is 20.9 Å². The maximum Gasteiger partial charge on any atom is 0.224 e. The number of hydrazine groups is 1. The first-order valence-electron chi connectivity index (χ1n) is 8.95. The number of nitrogens with one attached hydrogen (secondary N) is 3. The number of carbonyl (C=O) groups excluding carboxylic acids is 1. The molecule has 3 N–H and O–H groups in total. The summed E-state index contributed by atoms with van der Waals surface area (Å²) in [6.07, 6.45) is 3.69. The fourth-order valence-corrected chi connectivity index (χ4v) is 3.60. The third kappa shape index (κ3) is 4.71. The molecule has 2 aliphatic rings. The molecule has 3 unspecified atom stereocenters. The lowest BCUT2D eigenvalue weighted by atomic mass is 9.83. The van der Waals surface area contributed by atoms with Crippen LogP contribution in [0.3, 0.4) is 0 Å². The third-order valence-electron chi connectivity index (χ3n) is 4.72. The van der Waals surface area contributed by atoms with Gasteiger partial charge in [0, 0.05) is 18.6 Å². The molecule has 1 amide bonds. The minimum atomic E-state index is -0.207. The second-order valence-electron chi connectivity index (χ2n) is 8.00. The van der Waals surface area contributed by atoms with Crippen LogP contribution in [0.15, 0.2) is 24.3 Å². The zero-order chi connectivity index (χ0) is 17.2. The topological polar surface area (TPSA) is 62.4 Å². The van der Waals surface area contributed by atoms with Gasteiger partial charge >= 0.3 is 0 Å². The quantitative estimate of drug-likeness (QED) is 0.791. The van der Waals surface area contributed by atoms with Gasteiger partial charge in [-0.25, -0.2) is 0 Å². The van der Waals surface area contributed by atoms with Crippen LogP contribution in [0, 0.1) is 5.92 Å². The predicted molar refractivity (Wildman–Crippen MR) is 94.7 cm³/mol. The number of hydrogen-bond donors (Lipinski definition) is 3. The molecule has 0 bridgehead atoms. The molecule has 1 aliphatic carbocycles. The fraction of sp³-hybridized carbons (Fsp3) is 0.632. The monoisotopic (exact) mass is 331 g/mol. The zero-order valence-electron chi connectivity index (χ0n) is 14.9. The van der Waals surface area contributed by atoms with Gasteiger partial charge in [0.05, 0.1) is 6.42 Å². The molecule has 0 radical (unpaired) electrons. The van der Waals surface area contributed by atoms with Gasteiger partial charge in [0.2, 0.25) is 5.91 Å². The van der Waals surface area contributed by atoms with Crippen LogP contribution in [-0.4, -0.2) is 30.1 Å². The van der Waals surface area contributed by atoms with Crippen molar-refractivity contribution in [2.24, 2.45) is 5.92 Å². The number of amides is 1. The molecular formula is C19H29N3O2. The van der Waals surface area contributed by atoms with Gasteiger partial charge in [-0.05, 0) is 63.6 Å². The molecule has 1 aromatic rings. The van der Waals surface area contributed by atoms with Gasteiger partial charge in [-0.1, -0.05) is 12.1 Å². The Labute approximate surface area is 144 Å². The van der Waals surface area contributed by atoms with Crippen molar-refractivity contribution < 1.29 is 9.53 Å². The van der Waals surface area contributed by atoms with Gasteiger partial charge in [-0.2, -0.15) is 0 Å². The number of fused-ring (bicyclic) bond motifs is 1. The molecule has 1 saturated heterocycles. The number of carbonyl (C=O) groups is 1. The van der Waals surface area contributed by atoms with Crippen molar-refractivity contribution in [3.8, 4) is 5.75 Å². The predicted octanol–water partition coefficient (Wildman–Crippen LogP) is 2.17. The second kappa shape index (κ2) is 7.11. The summed E-state index contributed by atoms with van der Waals surface area (Å²) in [5.41, 5.74) is 7.36. The van der Waals surface area contributed by atoms with Crippen LogP contribution in [0.4, 0.5) is 0 Å². The lowest BCUT2D eigenvalue weighted by molar-refractivity contribution is -0.121. The molecule has 5 heteroatoms. The van der Waals surface area contributed by atoms with Crippen molar-refractivity contribution in [2.45, 2.75) is 64.1 Å². The molecule has 1 heterocycles. The Hall–Kier alpha value is -1.59. The molecule has 0 spiro atoms. The summed E-state index contributed by atoms with van der Waals surface area (Å²) in [7, 11) is 0. The van der Waals surface area contributed by atoms with E-state index in [2.05, 4.69) is 16.2 Å². The van der Waals surface area contributed by atoms with Crippen LogP contribution in [0.5, 0.6) is 5.75 Å². The van der Waals surface area contributed by atoms with E-state index in [0.29, 0.717) is 18.4 Å². The first-order chi connectivity index (χ1) is 11.4. The highest BCUT2D eigenvalue weighted by molar-refractivity contribution is 5.78. The highest BCUT2D eigenvalue weighted by atomic mass is 16.5. The summed E-state index contributed by atoms with van der Waals surface area (Å²) >= 11 is 0. The van der Waals surface area contributed by atoms with Gasteiger partial charge in [0.25, 0.3) is 0 Å². The standard InChI is InChI=1S/C19H29N3O2/c1-19(2,3)24-16-8-4-13(5-9-16)10-18(23)21-15-7-6-14-12-20-22-17(14)11-15/h4-5,8-9,14-15,17,20,22H,6-7,10-12H2,1-3H3,(H,21,23). The summed E-state index contributed by atoms with van der Waals surface area (Å²) in [4.78, 5) is 12.3. The van der Waals surface area contributed by atoms with Gasteiger partial charge in [-0.3, -0.25) is 15.6 Å². The average Bonchev–Trinajstić information content (AvgIpc) is 2.95. The Bertz CT molecular complexity index is 565. The van der Waals surface area contributed by atoms with E-state index in [4.69, 9.17) is 4.74 Å². The van der Waals surface area contributed by atoms with Crippen LogP contribution in [0.1, 0.15) is 45.6 Å². The van der Waals surface area contributed by atoms with Gasteiger partial charge in [0.15, 0.2) is 0 Å². The summed E-state index contributed by atoms with van der Waals surface area (Å²) in [5, 5.41) is 3.19. The van der Waals surface area contributed by atoms with Crippen molar-refractivity contribution in [1.82, 2.24) is 16.2 Å². The van der Waals surface area contributed by atoms with Crippen molar-refractivity contribution in [2.75, 3.05) is 6.54 Å². The van der Waals surface area contributed by atoms with E-state index in [0.717, 1.165) is 30.7 Å². The van der Waals surface area contributed by atoms with Crippen molar-refractivity contribution >= 4 is 5.91 Å². The van der Waals surface area contributed by atoms with Gasteiger partial charge in [-0.15, -0.1) is 0 Å². The van der Waals surface area contributed by atoms with E-state index in [9.17, 15) is 4.79 Å². The molecule has 2 fully saturated rings. The summed E-state index contributed by atoms with van der Waals surface area (Å²) in [5.74, 6) is 1.66. The van der Waals surface area contributed by atoms with Crippen LogP contribution in [-0.2, 0) is 11.2 Å². The van der Waals surface area contributed by atoms with Crippen LogP contribution >= 0.6 is 0 Å². The largest absolute Gasteiger partial charge is 0.488 e. The van der Waals surface area contributed by atoms with Gasteiger partial charge in [0.1, 0.15) is 11.4 Å². The number of benzene rings is 1. The maximum absolute atomic E-state index is 12.3. The van der Waals surface area contributed by atoms with Crippen LogP contribution in [0.25, 0.3) is 0 Å². The van der Waals surface area contributed by atoms with Crippen LogP contribution in [0.2, 0.25) is 0 Å². The first-order valence-corrected chi connectivity index (χ1v) is 8.95. The Kier molecular flexibility index (Phi) is 5.11. The van der Waals surface area contributed by atoms with E-state index in [1.54, 1.807) is 0 Å². The van der Waals surface area contributed by atoms with E-state index < -0.39 is 0 Å². The maximum atomic E-state index is 12.3. The van der Waals surface area contributed by atoms with E-state index in [1.165, 1.54) is 6.42 Å². The summed E-state index contributed by atoms with van der Waals surface area (Å²) < 4.78 is 5.81. The van der Waals surface area contributed by atoms with Crippen molar-refractivity contribution in [3.05, 3.63) is 29.8 Å². The molecule has 132 valence electrons. The highest BCUT2D eigenvalue weighted by Crippen LogP contribution is 2.26. The minimum absolute atomic E-state index is 0.105. The zero-order valence-corrected chi connectivity index (χ0v) is 14.9. The van der Waals surface area contributed by atoms with Crippen molar-refractivity contribution in [1.29, 1.82) is 0 Å². The Morgan fingerprint density at radius 1 is 1.25 bits per heavy atom. The molecule has 1 aromatic carbocycles. The number of ether oxygens (including phenoxy) is 1. The molecule has 3 rings (SSSR count). The normalized spacial score (nSPS) is 26.7. The Balaban J connectivity index is 1.48. The molecule has 3 atom stereocenters. The molecule has 1 saturated carbocycles. The second-order valence-corrected chi connectivity index (χ2v) is 8.00.